The summed E-state index contributed by atoms with van der Waals surface area (Å²) in [6.45, 7) is 2.99. The summed E-state index contributed by atoms with van der Waals surface area (Å²) in [5.41, 5.74) is 5.62. The second-order valence-corrected chi connectivity index (χ2v) is 5.24. The molecule has 0 radical (unpaired) electrons. The van der Waals surface area contributed by atoms with Gasteiger partial charge in [-0.1, -0.05) is 0 Å². The number of ether oxygens (including phenoxy) is 2. The van der Waals surface area contributed by atoms with E-state index in [2.05, 4.69) is 0 Å². The quantitative estimate of drug-likeness (QED) is 0.697. The number of aliphatic hydroxyl groups excluding tert-OH is 1. The van der Waals surface area contributed by atoms with Crippen molar-refractivity contribution >= 4 is 0 Å². The SMILES string of the molecule is NC(CO)(COCC1CCOCC1)C1CC1. The molecule has 1 atom stereocenters. The predicted octanol–water partition coefficient (Wildman–Crippen LogP) is 0.529. The first-order valence-corrected chi connectivity index (χ1v) is 6.30. The number of hydrogen-bond donors (Lipinski definition) is 2. The molecule has 1 unspecified atom stereocenters. The lowest BCUT2D eigenvalue weighted by molar-refractivity contribution is -0.00563. The maximum atomic E-state index is 9.31. The van der Waals surface area contributed by atoms with E-state index in [0.29, 0.717) is 18.4 Å². The van der Waals surface area contributed by atoms with Crippen LogP contribution in [0.15, 0.2) is 0 Å². The largest absolute Gasteiger partial charge is 0.394 e. The van der Waals surface area contributed by atoms with Gasteiger partial charge in [-0.25, -0.2) is 0 Å². The molecule has 1 aliphatic carbocycles. The van der Waals surface area contributed by atoms with Gasteiger partial charge in [0.05, 0.1) is 18.8 Å². The van der Waals surface area contributed by atoms with E-state index < -0.39 is 5.54 Å². The van der Waals surface area contributed by atoms with Gasteiger partial charge in [0.2, 0.25) is 0 Å². The van der Waals surface area contributed by atoms with E-state index in [-0.39, 0.29) is 6.61 Å². The van der Waals surface area contributed by atoms with Gasteiger partial charge in [-0.05, 0) is 37.5 Å². The maximum absolute atomic E-state index is 9.31. The number of aliphatic hydroxyl groups is 1. The summed E-state index contributed by atoms with van der Waals surface area (Å²) in [6.07, 6.45) is 4.44. The molecular formula is C12H23NO3. The Hall–Kier alpha value is -0.160. The van der Waals surface area contributed by atoms with Gasteiger partial charge in [-0.15, -0.1) is 0 Å². The van der Waals surface area contributed by atoms with Crippen molar-refractivity contribution in [2.24, 2.45) is 17.6 Å². The van der Waals surface area contributed by atoms with Crippen molar-refractivity contribution in [3.8, 4) is 0 Å². The zero-order valence-corrected chi connectivity index (χ0v) is 9.86. The van der Waals surface area contributed by atoms with Crippen molar-refractivity contribution in [2.45, 2.75) is 31.2 Å². The van der Waals surface area contributed by atoms with Crippen LogP contribution in [0.2, 0.25) is 0 Å². The summed E-state index contributed by atoms with van der Waals surface area (Å²) in [4.78, 5) is 0. The summed E-state index contributed by atoms with van der Waals surface area (Å²) in [6, 6.07) is 0. The Labute approximate surface area is 97.1 Å². The molecule has 0 aromatic carbocycles. The number of nitrogens with two attached hydrogens (primary N) is 1. The first kappa shape index (κ1) is 12.3. The van der Waals surface area contributed by atoms with Gasteiger partial charge in [-0.3, -0.25) is 0 Å². The predicted molar refractivity (Wildman–Crippen MR) is 61.1 cm³/mol. The summed E-state index contributed by atoms with van der Waals surface area (Å²) in [5, 5.41) is 9.31. The Morgan fingerprint density at radius 2 is 1.94 bits per heavy atom. The van der Waals surface area contributed by atoms with Gasteiger partial charge in [0.15, 0.2) is 0 Å². The number of hydrogen-bond acceptors (Lipinski definition) is 4. The smallest absolute Gasteiger partial charge is 0.0671 e. The monoisotopic (exact) mass is 229 g/mol. The molecule has 1 saturated heterocycles. The molecule has 1 heterocycles. The van der Waals surface area contributed by atoms with Crippen molar-refractivity contribution in [3.05, 3.63) is 0 Å². The van der Waals surface area contributed by atoms with Gasteiger partial charge in [0.1, 0.15) is 0 Å². The first-order valence-electron chi connectivity index (χ1n) is 6.30. The van der Waals surface area contributed by atoms with Crippen LogP contribution in [0.4, 0.5) is 0 Å². The standard InChI is InChI=1S/C12H23NO3/c13-12(8-14,11-1-2-11)9-16-7-10-3-5-15-6-4-10/h10-11,14H,1-9,13H2. The summed E-state index contributed by atoms with van der Waals surface area (Å²) < 4.78 is 11.0. The van der Waals surface area contributed by atoms with Crippen molar-refractivity contribution in [1.82, 2.24) is 0 Å². The average molecular weight is 229 g/mol. The molecule has 4 nitrogen and oxygen atoms in total. The maximum Gasteiger partial charge on any atom is 0.0671 e. The van der Waals surface area contributed by atoms with Crippen LogP contribution in [-0.2, 0) is 9.47 Å². The van der Waals surface area contributed by atoms with Crippen molar-refractivity contribution in [1.29, 1.82) is 0 Å². The minimum atomic E-state index is -0.495. The summed E-state index contributed by atoms with van der Waals surface area (Å²) >= 11 is 0. The van der Waals surface area contributed by atoms with E-state index in [1.54, 1.807) is 0 Å². The van der Waals surface area contributed by atoms with Crippen molar-refractivity contribution in [2.75, 3.05) is 33.0 Å². The molecule has 0 amide bonds. The average Bonchev–Trinajstić information content (AvgIpc) is 3.14. The highest BCUT2D eigenvalue weighted by Gasteiger charge is 2.42. The van der Waals surface area contributed by atoms with Crippen molar-refractivity contribution < 1.29 is 14.6 Å². The van der Waals surface area contributed by atoms with E-state index in [1.165, 1.54) is 0 Å². The van der Waals surface area contributed by atoms with Gasteiger partial charge in [0.25, 0.3) is 0 Å². The van der Waals surface area contributed by atoms with Crippen LogP contribution in [0.3, 0.4) is 0 Å². The molecule has 2 rings (SSSR count). The van der Waals surface area contributed by atoms with Gasteiger partial charge >= 0.3 is 0 Å². The minimum absolute atomic E-state index is 0.0332. The lowest BCUT2D eigenvalue weighted by Gasteiger charge is -2.29. The zero-order chi connectivity index (χ0) is 11.4. The molecule has 2 fully saturated rings. The summed E-state index contributed by atoms with van der Waals surface area (Å²) in [5.74, 6) is 1.07. The molecule has 4 heteroatoms. The van der Waals surface area contributed by atoms with Gasteiger partial charge < -0.3 is 20.3 Å². The van der Waals surface area contributed by atoms with Crippen LogP contribution in [0.25, 0.3) is 0 Å². The highest BCUT2D eigenvalue weighted by Crippen LogP contribution is 2.38. The molecule has 16 heavy (non-hydrogen) atoms. The Morgan fingerprint density at radius 3 is 2.50 bits per heavy atom. The van der Waals surface area contributed by atoms with Gasteiger partial charge in [-0.2, -0.15) is 0 Å². The highest BCUT2D eigenvalue weighted by atomic mass is 16.5. The second kappa shape index (κ2) is 5.45. The third kappa shape index (κ3) is 3.17. The van der Waals surface area contributed by atoms with E-state index in [9.17, 15) is 5.11 Å². The molecular weight excluding hydrogens is 206 g/mol. The Kier molecular flexibility index (Phi) is 4.19. The van der Waals surface area contributed by atoms with Crippen LogP contribution in [0.5, 0.6) is 0 Å². The van der Waals surface area contributed by atoms with Gasteiger partial charge in [0, 0.05) is 19.8 Å². The van der Waals surface area contributed by atoms with Crippen LogP contribution >= 0.6 is 0 Å². The molecule has 1 saturated carbocycles. The third-order valence-corrected chi connectivity index (χ3v) is 3.75. The highest BCUT2D eigenvalue weighted by molar-refractivity contribution is 4.98. The molecule has 3 N–H and O–H groups in total. The second-order valence-electron chi connectivity index (χ2n) is 5.24. The van der Waals surface area contributed by atoms with E-state index >= 15 is 0 Å². The first-order chi connectivity index (χ1) is 7.74. The fraction of sp³-hybridized carbons (Fsp3) is 1.00. The number of rotatable bonds is 6. The van der Waals surface area contributed by atoms with E-state index in [1.807, 2.05) is 0 Å². The molecule has 0 aromatic rings. The van der Waals surface area contributed by atoms with Crippen LogP contribution in [0, 0.1) is 11.8 Å². The Bertz CT molecular complexity index is 214. The summed E-state index contributed by atoms with van der Waals surface area (Å²) in [7, 11) is 0. The van der Waals surface area contributed by atoms with Crippen LogP contribution in [0.1, 0.15) is 25.7 Å². The molecule has 0 aromatic heterocycles. The molecule has 0 spiro atoms. The van der Waals surface area contributed by atoms with E-state index in [0.717, 1.165) is 45.5 Å². The Morgan fingerprint density at radius 1 is 1.25 bits per heavy atom. The van der Waals surface area contributed by atoms with E-state index in [4.69, 9.17) is 15.2 Å². The molecule has 2 aliphatic rings. The fourth-order valence-corrected chi connectivity index (χ4v) is 2.28. The lowest BCUT2D eigenvalue weighted by Crippen LogP contribution is -2.50. The fourth-order valence-electron chi connectivity index (χ4n) is 2.28. The normalized spacial score (nSPS) is 26.6. The topological polar surface area (TPSA) is 64.7 Å². The van der Waals surface area contributed by atoms with Crippen LogP contribution < -0.4 is 5.73 Å². The third-order valence-electron chi connectivity index (χ3n) is 3.75. The van der Waals surface area contributed by atoms with Crippen molar-refractivity contribution in [3.63, 3.8) is 0 Å². The molecule has 1 aliphatic heterocycles. The molecule has 0 bridgehead atoms. The van der Waals surface area contributed by atoms with Crippen LogP contribution in [-0.4, -0.2) is 43.7 Å². The zero-order valence-electron chi connectivity index (χ0n) is 9.86. The minimum Gasteiger partial charge on any atom is -0.394 e. The lowest BCUT2D eigenvalue weighted by atomic mass is 9.96. The molecule has 94 valence electrons. The Balaban J connectivity index is 1.65.